The topological polar surface area (TPSA) is 17.3 Å². The fraction of sp³-hybridized carbons (Fsp3) is 0.150. The van der Waals surface area contributed by atoms with Crippen molar-refractivity contribution in [3.8, 4) is 5.69 Å². The van der Waals surface area contributed by atoms with E-state index >= 15 is 0 Å². The molecular formula is C20H19ClN2. The zero-order valence-electron chi connectivity index (χ0n) is 13.5. The molecule has 1 aromatic heterocycles. The number of hydrogen-bond acceptors (Lipinski definition) is 1. The predicted molar refractivity (Wildman–Crippen MR) is 98.7 cm³/mol. The molecule has 1 heterocycles. The van der Waals surface area contributed by atoms with Crippen LogP contribution in [0.1, 0.15) is 22.5 Å². The van der Waals surface area contributed by atoms with E-state index in [-0.39, 0.29) is 0 Å². The number of aliphatic imine (C=N–C) groups is 1. The molecule has 0 unspecified atom stereocenters. The third-order valence-corrected chi connectivity index (χ3v) is 4.40. The van der Waals surface area contributed by atoms with E-state index in [1.165, 1.54) is 17.1 Å². The summed E-state index contributed by atoms with van der Waals surface area (Å²) in [6.45, 7) is 6.22. The zero-order valence-corrected chi connectivity index (χ0v) is 14.3. The van der Waals surface area contributed by atoms with E-state index in [9.17, 15) is 0 Å². The second-order valence-electron chi connectivity index (χ2n) is 5.69. The van der Waals surface area contributed by atoms with E-state index in [4.69, 9.17) is 11.6 Å². The van der Waals surface area contributed by atoms with Crippen LogP contribution in [0.15, 0.2) is 59.6 Å². The number of aromatic nitrogens is 1. The van der Waals surface area contributed by atoms with Gasteiger partial charge in [-0.15, -0.1) is 0 Å². The van der Waals surface area contributed by atoms with E-state index in [2.05, 4.69) is 53.7 Å². The monoisotopic (exact) mass is 322 g/mol. The van der Waals surface area contributed by atoms with Crippen LogP contribution in [0.3, 0.4) is 0 Å². The Morgan fingerprint density at radius 3 is 2.39 bits per heavy atom. The highest BCUT2D eigenvalue weighted by Gasteiger charge is 2.08. The maximum Gasteiger partial charge on any atom is 0.0644 e. The summed E-state index contributed by atoms with van der Waals surface area (Å²) in [7, 11) is 0. The smallest absolute Gasteiger partial charge is 0.0644 e. The third kappa shape index (κ3) is 3.22. The van der Waals surface area contributed by atoms with Crippen LogP contribution in [-0.2, 0) is 0 Å². The van der Waals surface area contributed by atoms with Crippen LogP contribution >= 0.6 is 11.6 Å². The van der Waals surface area contributed by atoms with E-state index in [1.807, 2.05) is 37.4 Å². The Balaban J connectivity index is 1.95. The zero-order chi connectivity index (χ0) is 16.4. The Labute approximate surface area is 142 Å². The lowest BCUT2D eigenvalue weighted by Crippen LogP contribution is -1.98. The average molecular weight is 323 g/mol. The molecule has 0 N–H and O–H groups in total. The molecule has 0 fully saturated rings. The molecule has 0 aliphatic carbocycles. The summed E-state index contributed by atoms with van der Waals surface area (Å²) in [6.07, 6.45) is 1.91. The molecule has 3 aromatic rings. The van der Waals surface area contributed by atoms with Crippen molar-refractivity contribution in [2.45, 2.75) is 20.8 Å². The summed E-state index contributed by atoms with van der Waals surface area (Å²) in [5.41, 5.74) is 6.58. The first-order valence-corrected chi connectivity index (χ1v) is 7.98. The fourth-order valence-corrected chi connectivity index (χ4v) is 2.87. The highest BCUT2D eigenvalue weighted by Crippen LogP contribution is 2.23. The summed E-state index contributed by atoms with van der Waals surface area (Å²) in [4.78, 5) is 4.56. The van der Waals surface area contributed by atoms with Crippen molar-refractivity contribution in [1.29, 1.82) is 0 Å². The SMILES string of the molecule is Cc1ccc(N=Cc2cc(C)n(-c3ccccc3)c2C)cc1Cl. The Morgan fingerprint density at radius 2 is 1.70 bits per heavy atom. The van der Waals surface area contributed by atoms with Gasteiger partial charge in [-0.2, -0.15) is 0 Å². The van der Waals surface area contributed by atoms with Crippen LogP contribution in [0.5, 0.6) is 0 Å². The molecule has 2 aromatic carbocycles. The van der Waals surface area contributed by atoms with Crippen LogP contribution in [0.25, 0.3) is 5.69 Å². The fourth-order valence-electron chi connectivity index (χ4n) is 2.70. The summed E-state index contributed by atoms with van der Waals surface area (Å²) in [5.74, 6) is 0. The minimum absolute atomic E-state index is 0.745. The Kier molecular flexibility index (Phi) is 4.35. The molecular weight excluding hydrogens is 304 g/mol. The van der Waals surface area contributed by atoms with Crippen molar-refractivity contribution in [2.75, 3.05) is 0 Å². The van der Waals surface area contributed by atoms with E-state index in [0.717, 1.165) is 21.8 Å². The highest BCUT2D eigenvalue weighted by atomic mass is 35.5. The minimum Gasteiger partial charge on any atom is -0.318 e. The largest absolute Gasteiger partial charge is 0.318 e. The molecule has 0 saturated carbocycles. The summed E-state index contributed by atoms with van der Waals surface area (Å²) in [5, 5.41) is 0.745. The maximum atomic E-state index is 6.16. The molecule has 0 spiro atoms. The van der Waals surface area contributed by atoms with Crippen LogP contribution in [0, 0.1) is 20.8 Å². The van der Waals surface area contributed by atoms with Crippen LogP contribution in [0.4, 0.5) is 5.69 Å². The van der Waals surface area contributed by atoms with E-state index < -0.39 is 0 Å². The van der Waals surface area contributed by atoms with Gasteiger partial charge < -0.3 is 4.57 Å². The van der Waals surface area contributed by atoms with Gasteiger partial charge in [-0.25, -0.2) is 0 Å². The van der Waals surface area contributed by atoms with Crippen LogP contribution in [0.2, 0.25) is 5.02 Å². The Morgan fingerprint density at radius 1 is 0.957 bits per heavy atom. The van der Waals surface area contributed by atoms with Gasteiger partial charge in [-0.05, 0) is 56.7 Å². The molecule has 116 valence electrons. The third-order valence-electron chi connectivity index (χ3n) is 3.99. The van der Waals surface area contributed by atoms with E-state index in [0.29, 0.717) is 0 Å². The first-order chi connectivity index (χ1) is 11.1. The first-order valence-electron chi connectivity index (χ1n) is 7.61. The van der Waals surface area contributed by atoms with Gasteiger partial charge in [0.15, 0.2) is 0 Å². The lowest BCUT2D eigenvalue weighted by molar-refractivity contribution is 0.965. The Bertz CT molecular complexity index is 861. The van der Waals surface area contributed by atoms with Crippen LogP contribution in [-0.4, -0.2) is 10.8 Å². The van der Waals surface area contributed by atoms with Crippen molar-refractivity contribution < 1.29 is 0 Å². The average Bonchev–Trinajstić information content (AvgIpc) is 2.83. The standard InChI is InChI=1S/C20H19ClN2/c1-14-9-10-18(12-20(14)21)22-13-17-11-15(2)23(16(17)3)19-7-5-4-6-8-19/h4-13H,1-3H3. The minimum atomic E-state index is 0.745. The summed E-state index contributed by atoms with van der Waals surface area (Å²) >= 11 is 6.16. The molecule has 0 aliphatic rings. The molecule has 0 atom stereocenters. The lowest BCUT2D eigenvalue weighted by Gasteiger charge is -2.09. The normalized spacial score (nSPS) is 11.3. The number of halogens is 1. The summed E-state index contributed by atoms with van der Waals surface area (Å²) in [6, 6.07) is 18.4. The van der Waals surface area contributed by atoms with Crippen molar-refractivity contribution in [3.05, 3.63) is 82.1 Å². The molecule has 2 nitrogen and oxygen atoms in total. The van der Waals surface area contributed by atoms with Gasteiger partial charge in [-0.3, -0.25) is 4.99 Å². The van der Waals surface area contributed by atoms with Crippen molar-refractivity contribution in [3.63, 3.8) is 0 Å². The molecule has 23 heavy (non-hydrogen) atoms. The molecule has 0 saturated heterocycles. The van der Waals surface area contributed by atoms with Gasteiger partial charge in [0.1, 0.15) is 0 Å². The van der Waals surface area contributed by atoms with Crippen molar-refractivity contribution >= 4 is 23.5 Å². The van der Waals surface area contributed by atoms with Gasteiger partial charge in [0.2, 0.25) is 0 Å². The quantitative estimate of drug-likeness (QED) is 0.542. The number of benzene rings is 2. The highest BCUT2D eigenvalue weighted by molar-refractivity contribution is 6.31. The first kappa shape index (κ1) is 15.6. The summed E-state index contributed by atoms with van der Waals surface area (Å²) < 4.78 is 2.24. The van der Waals surface area contributed by atoms with Gasteiger partial charge >= 0.3 is 0 Å². The number of hydrogen-bond donors (Lipinski definition) is 0. The van der Waals surface area contributed by atoms with Crippen molar-refractivity contribution in [1.82, 2.24) is 4.57 Å². The maximum absolute atomic E-state index is 6.16. The molecule has 0 radical (unpaired) electrons. The molecule has 0 aliphatic heterocycles. The second kappa shape index (κ2) is 6.43. The van der Waals surface area contributed by atoms with Gasteiger partial charge in [0.25, 0.3) is 0 Å². The van der Waals surface area contributed by atoms with Crippen LogP contribution < -0.4 is 0 Å². The van der Waals surface area contributed by atoms with Gasteiger partial charge in [-0.1, -0.05) is 35.9 Å². The van der Waals surface area contributed by atoms with Gasteiger partial charge in [0, 0.05) is 33.9 Å². The molecule has 0 bridgehead atoms. The van der Waals surface area contributed by atoms with E-state index in [1.54, 1.807) is 0 Å². The molecule has 0 amide bonds. The number of aryl methyl sites for hydroxylation is 2. The number of rotatable bonds is 3. The number of para-hydroxylation sites is 1. The molecule has 3 heteroatoms. The molecule has 3 rings (SSSR count). The van der Waals surface area contributed by atoms with Crippen molar-refractivity contribution in [2.24, 2.45) is 4.99 Å². The van der Waals surface area contributed by atoms with Gasteiger partial charge in [0.05, 0.1) is 5.69 Å². The Hall–Kier alpha value is -2.32. The number of nitrogens with zero attached hydrogens (tertiary/aromatic N) is 2. The predicted octanol–water partition coefficient (Wildman–Crippen LogP) is 5.81. The lowest BCUT2D eigenvalue weighted by atomic mass is 10.2. The second-order valence-corrected chi connectivity index (χ2v) is 6.10.